The number of carboxylic acid groups (broad SMARTS) is 1. The maximum atomic E-state index is 14.0. The number of pyridine rings is 1. The zero-order valence-electron chi connectivity index (χ0n) is 28.6. The molecule has 6 nitrogen and oxygen atoms in total. The summed E-state index contributed by atoms with van der Waals surface area (Å²) >= 11 is 6.26. The van der Waals surface area contributed by atoms with Crippen LogP contribution in [0.4, 0.5) is 14.5 Å². The summed E-state index contributed by atoms with van der Waals surface area (Å²) in [4.78, 5) is 19.4. The highest BCUT2D eigenvalue weighted by Crippen LogP contribution is 2.56. The molecule has 3 aliphatic carbocycles. The lowest BCUT2D eigenvalue weighted by molar-refractivity contribution is -0.144. The quantitative estimate of drug-likeness (QED) is 0.221. The monoisotopic (exact) mass is 691 g/mol. The van der Waals surface area contributed by atoms with Crippen LogP contribution in [0.2, 0.25) is 5.02 Å². The maximum absolute atomic E-state index is 14.0. The van der Waals surface area contributed by atoms with E-state index in [4.69, 9.17) is 16.3 Å². The molecule has 0 bridgehead atoms. The minimum Gasteiger partial charge on any atom is -0.493 e. The highest BCUT2D eigenvalue weighted by molar-refractivity contribution is 6.30. The van der Waals surface area contributed by atoms with Gasteiger partial charge in [-0.25, -0.2) is 13.6 Å². The first-order valence-electron chi connectivity index (χ1n) is 18.1. The summed E-state index contributed by atoms with van der Waals surface area (Å²) in [7, 11) is 0. The van der Waals surface area contributed by atoms with Crippen molar-refractivity contribution in [2.75, 3.05) is 25.0 Å². The van der Waals surface area contributed by atoms with Crippen LogP contribution < -0.4 is 10.1 Å². The van der Waals surface area contributed by atoms with E-state index in [0.717, 1.165) is 62.0 Å². The van der Waals surface area contributed by atoms with Gasteiger partial charge in [0.15, 0.2) is 0 Å². The fourth-order valence-electron chi connectivity index (χ4n) is 9.44. The summed E-state index contributed by atoms with van der Waals surface area (Å²) in [6.45, 7) is 5.82. The number of alkyl halides is 2. The number of carboxylic acids is 1. The van der Waals surface area contributed by atoms with Gasteiger partial charge in [-0.1, -0.05) is 49.7 Å². The van der Waals surface area contributed by atoms with Gasteiger partial charge in [-0.3, -0.25) is 9.88 Å². The Morgan fingerprint density at radius 3 is 2.69 bits per heavy atom. The van der Waals surface area contributed by atoms with E-state index >= 15 is 0 Å². The molecule has 0 amide bonds. The topological polar surface area (TPSA) is 74.7 Å². The first-order chi connectivity index (χ1) is 23.5. The molecule has 1 saturated heterocycles. The minimum absolute atomic E-state index is 0.0952. The highest BCUT2D eigenvalue weighted by Gasteiger charge is 2.54. The molecule has 7 rings (SSSR count). The molecular formula is C40H48ClF2N3O3. The molecule has 49 heavy (non-hydrogen) atoms. The molecule has 9 heteroatoms. The van der Waals surface area contributed by atoms with Gasteiger partial charge in [0.1, 0.15) is 11.3 Å². The van der Waals surface area contributed by atoms with Crippen LogP contribution in [-0.4, -0.2) is 52.1 Å². The lowest BCUT2D eigenvalue weighted by atomic mass is 9.59. The molecule has 0 radical (unpaired) electrons. The fourth-order valence-corrected chi connectivity index (χ4v) is 9.63. The zero-order chi connectivity index (χ0) is 34.4. The van der Waals surface area contributed by atoms with Crippen LogP contribution in [-0.2, 0) is 29.6 Å². The van der Waals surface area contributed by atoms with E-state index in [0.29, 0.717) is 55.1 Å². The number of aromatic nitrogens is 1. The van der Waals surface area contributed by atoms with E-state index in [1.54, 1.807) is 12.1 Å². The molecule has 2 heterocycles. The standard InChI is InChI=1S/C40H48ClF2N3O3/c1-26(24-49-35-11-17-44-34-8-3-5-27(2)36(34)35)19-30-21-29-10-9-28(23-46-18-16-40(42,43)25-46)20-33(29)38(30)12-14-39(15-13-38,37(47)48)45-32-7-4-6-31(41)22-32/h4,6-7,9-11,17,20,22,26-27,30,45H,3,5,8,12-16,18-19,21,23-25H2,1-2H3,(H,47,48)/t26-,27-,30+,38?,39?/m1/s1. The molecule has 2 fully saturated rings. The number of anilines is 1. The summed E-state index contributed by atoms with van der Waals surface area (Å²) in [5.41, 5.74) is 5.47. The lowest BCUT2D eigenvalue weighted by Crippen LogP contribution is -2.53. The van der Waals surface area contributed by atoms with Crippen LogP contribution in [0.3, 0.4) is 0 Å². The number of halogens is 3. The third-order valence-corrected chi connectivity index (χ3v) is 12.2. The number of fused-ring (bicyclic) bond motifs is 3. The number of hydrogen-bond donors (Lipinski definition) is 2. The molecule has 262 valence electrons. The van der Waals surface area contributed by atoms with Crippen molar-refractivity contribution in [3.8, 4) is 5.75 Å². The van der Waals surface area contributed by atoms with Gasteiger partial charge in [0.05, 0.1) is 13.2 Å². The Balaban J connectivity index is 1.13. The summed E-state index contributed by atoms with van der Waals surface area (Å²) in [6, 6.07) is 15.8. The molecule has 1 spiro atoms. The van der Waals surface area contributed by atoms with E-state index < -0.39 is 17.4 Å². The summed E-state index contributed by atoms with van der Waals surface area (Å²) in [5.74, 6) is -1.49. The van der Waals surface area contributed by atoms with E-state index in [-0.39, 0.29) is 24.3 Å². The van der Waals surface area contributed by atoms with Crippen molar-refractivity contribution in [2.45, 2.75) is 107 Å². The summed E-state index contributed by atoms with van der Waals surface area (Å²) < 4.78 is 34.6. The van der Waals surface area contributed by atoms with Crippen LogP contribution >= 0.6 is 11.6 Å². The molecule has 0 unspecified atom stereocenters. The smallest absolute Gasteiger partial charge is 0.329 e. The first-order valence-corrected chi connectivity index (χ1v) is 18.4. The van der Waals surface area contributed by atoms with Crippen molar-refractivity contribution in [1.82, 2.24) is 9.88 Å². The van der Waals surface area contributed by atoms with Gasteiger partial charge in [-0.15, -0.1) is 0 Å². The third-order valence-electron chi connectivity index (χ3n) is 12.0. The molecular weight excluding hydrogens is 644 g/mol. The van der Waals surface area contributed by atoms with Crippen molar-refractivity contribution < 1.29 is 23.4 Å². The summed E-state index contributed by atoms with van der Waals surface area (Å²) in [5, 5.41) is 14.5. The number of nitrogens with zero attached hydrogens (tertiary/aromatic N) is 2. The second kappa shape index (κ2) is 13.5. The molecule has 3 aromatic rings. The number of aryl methyl sites for hydroxylation is 1. The molecule has 1 aliphatic heterocycles. The van der Waals surface area contributed by atoms with Gasteiger partial charge in [0.2, 0.25) is 0 Å². The third kappa shape index (κ3) is 6.92. The second-order valence-corrected chi connectivity index (χ2v) is 15.9. The Bertz CT molecular complexity index is 1690. The number of nitrogens with one attached hydrogen (secondary N) is 1. The SMILES string of the molecule is C[C@@H](COc1ccnc2c1[C@H](C)CCC2)C[C@H]1Cc2ccc(CN3CCC(F)(F)C3)cc2C12CCC(Nc1cccc(Cl)c1)(C(=O)O)CC2. The van der Waals surface area contributed by atoms with Crippen molar-refractivity contribution in [2.24, 2.45) is 11.8 Å². The molecule has 2 N–H and O–H groups in total. The number of benzene rings is 2. The van der Waals surface area contributed by atoms with E-state index in [1.165, 1.54) is 16.7 Å². The number of ether oxygens (including phenoxy) is 1. The fraction of sp³-hybridized carbons (Fsp3) is 0.550. The van der Waals surface area contributed by atoms with Crippen molar-refractivity contribution in [3.63, 3.8) is 0 Å². The second-order valence-electron chi connectivity index (χ2n) is 15.5. The van der Waals surface area contributed by atoms with Crippen LogP contribution in [0.25, 0.3) is 0 Å². The highest BCUT2D eigenvalue weighted by atomic mass is 35.5. The maximum Gasteiger partial charge on any atom is 0.329 e. The van der Waals surface area contributed by atoms with Crippen molar-refractivity contribution >= 4 is 23.3 Å². The number of hydrogen-bond acceptors (Lipinski definition) is 5. The van der Waals surface area contributed by atoms with Crippen LogP contribution in [0.5, 0.6) is 5.75 Å². The van der Waals surface area contributed by atoms with Gasteiger partial charge in [-0.2, -0.15) is 0 Å². The van der Waals surface area contributed by atoms with Crippen molar-refractivity contribution in [1.29, 1.82) is 0 Å². The lowest BCUT2D eigenvalue weighted by Gasteiger charge is -2.47. The van der Waals surface area contributed by atoms with Crippen LogP contribution in [0.1, 0.15) is 99.1 Å². The normalized spacial score (nSPS) is 28.2. The van der Waals surface area contributed by atoms with Gasteiger partial charge >= 0.3 is 5.97 Å². The minimum atomic E-state index is -2.63. The summed E-state index contributed by atoms with van der Waals surface area (Å²) in [6.07, 6.45) is 9.35. The van der Waals surface area contributed by atoms with Crippen LogP contribution in [0, 0.1) is 11.8 Å². The molecule has 3 atom stereocenters. The van der Waals surface area contributed by atoms with E-state index in [9.17, 15) is 18.7 Å². The van der Waals surface area contributed by atoms with Crippen LogP contribution in [0.15, 0.2) is 54.7 Å². The average Bonchev–Trinajstić information content (AvgIpc) is 3.56. The number of aliphatic carboxylic acids is 1. The van der Waals surface area contributed by atoms with Gasteiger partial charge in [-0.05, 0) is 122 Å². The zero-order valence-corrected chi connectivity index (χ0v) is 29.4. The number of rotatable bonds is 10. The van der Waals surface area contributed by atoms with E-state index in [1.807, 2.05) is 29.3 Å². The largest absolute Gasteiger partial charge is 0.493 e. The van der Waals surface area contributed by atoms with Gasteiger partial charge in [0, 0.05) is 47.7 Å². The number of carbonyl (C=O) groups is 1. The molecule has 1 saturated carbocycles. The predicted molar refractivity (Wildman–Crippen MR) is 189 cm³/mol. The van der Waals surface area contributed by atoms with Crippen molar-refractivity contribution in [3.05, 3.63) is 87.7 Å². The Morgan fingerprint density at radius 2 is 1.96 bits per heavy atom. The Labute approximate surface area is 293 Å². The Hall–Kier alpha value is -3.23. The molecule has 4 aliphatic rings. The predicted octanol–water partition coefficient (Wildman–Crippen LogP) is 9.04. The molecule has 1 aromatic heterocycles. The van der Waals surface area contributed by atoms with Gasteiger partial charge in [0.25, 0.3) is 5.92 Å². The van der Waals surface area contributed by atoms with Gasteiger partial charge < -0.3 is 15.2 Å². The Kier molecular flexibility index (Phi) is 9.42. The Morgan fingerprint density at radius 1 is 1.14 bits per heavy atom. The first kappa shape index (κ1) is 34.2. The van der Waals surface area contributed by atoms with E-state index in [2.05, 4.69) is 42.3 Å². The average molecular weight is 692 g/mol. The molecule has 2 aromatic carbocycles. The number of likely N-dealkylation sites (tertiary alicyclic amines) is 1.